The first kappa shape index (κ1) is 11.5. The number of hydrogen-bond acceptors (Lipinski definition) is 2. The molecule has 1 atom stereocenters. The van der Waals surface area contributed by atoms with Crippen molar-refractivity contribution in [2.24, 2.45) is 5.92 Å². The molecule has 2 nitrogen and oxygen atoms in total. The highest BCUT2D eigenvalue weighted by atomic mass is 16.5. The van der Waals surface area contributed by atoms with Crippen molar-refractivity contribution in [2.75, 3.05) is 19.0 Å². The van der Waals surface area contributed by atoms with Crippen molar-refractivity contribution in [3.05, 3.63) is 29.3 Å². The average Bonchev–Trinajstić information content (AvgIpc) is 3.07. The van der Waals surface area contributed by atoms with E-state index in [9.17, 15) is 0 Å². The van der Waals surface area contributed by atoms with Crippen LogP contribution in [0.1, 0.15) is 24.0 Å². The maximum Gasteiger partial charge on any atom is 0.0666 e. The predicted octanol–water partition coefficient (Wildman–Crippen LogP) is 3.14. The fraction of sp³-hybridized carbons (Fsp3) is 0.571. The zero-order valence-electron chi connectivity index (χ0n) is 10.4. The third-order valence-corrected chi connectivity index (χ3v) is 3.48. The lowest BCUT2D eigenvalue weighted by Crippen LogP contribution is -2.27. The van der Waals surface area contributed by atoms with Gasteiger partial charge in [0.25, 0.3) is 0 Å². The van der Waals surface area contributed by atoms with E-state index in [4.69, 9.17) is 4.74 Å². The Morgan fingerprint density at radius 1 is 1.38 bits per heavy atom. The van der Waals surface area contributed by atoms with Crippen molar-refractivity contribution in [2.45, 2.75) is 32.7 Å². The molecule has 0 heterocycles. The molecule has 1 aliphatic carbocycles. The van der Waals surface area contributed by atoms with E-state index in [1.807, 2.05) is 0 Å². The van der Waals surface area contributed by atoms with Gasteiger partial charge in [0.2, 0.25) is 0 Å². The van der Waals surface area contributed by atoms with Crippen LogP contribution in [0.4, 0.5) is 5.69 Å². The molecule has 1 N–H and O–H groups in total. The number of methoxy groups -OCH3 is 1. The van der Waals surface area contributed by atoms with Gasteiger partial charge in [0.15, 0.2) is 0 Å². The summed E-state index contributed by atoms with van der Waals surface area (Å²) in [6.07, 6.45) is 2.68. The number of benzene rings is 1. The smallest absolute Gasteiger partial charge is 0.0666 e. The second-order valence-corrected chi connectivity index (χ2v) is 4.79. The molecule has 2 heteroatoms. The maximum atomic E-state index is 5.29. The zero-order valence-corrected chi connectivity index (χ0v) is 10.4. The molecule has 2 rings (SSSR count). The molecule has 1 fully saturated rings. The molecule has 1 saturated carbocycles. The van der Waals surface area contributed by atoms with Gasteiger partial charge in [-0.05, 0) is 49.8 Å². The Bertz CT molecular complexity index is 358. The van der Waals surface area contributed by atoms with Gasteiger partial charge in [-0.3, -0.25) is 0 Å². The van der Waals surface area contributed by atoms with Gasteiger partial charge in [-0.25, -0.2) is 0 Å². The fourth-order valence-electron chi connectivity index (χ4n) is 2.08. The normalized spacial score (nSPS) is 17.2. The number of anilines is 1. The van der Waals surface area contributed by atoms with E-state index in [2.05, 4.69) is 37.4 Å². The highest BCUT2D eigenvalue weighted by molar-refractivity contribution is 5.54. The lowest BCUT2D eigenvalue weighted by atomic mass is 10.1. The van der Waals surface area contributed by atoms with E-state index in [1.54, 1.807) is 7.11 Å². The van der Waals surface area contributed by atoms with Crippen molar-refractivity contribution in [1.29, 1.82) is 0 Å². The van der Waals surface area contributed by atoms with Crippen LogP contribution in [-0.2, 0) is 4.74 Å². The third kappa shape index (κ3) is 2.56. The molecule has 0 saturated heterocycles. The summed E-state index contributed by atoms with van der Waals surface area (Å²) >= 11 is 0. The third-order valence-electron chi connectivity index (χ3n) is 3.48. The Hall–Kier alpha value is -1.02. The van der Waals surface area contributed by atoms with Crippen LogP contribution in [0.5, 0.6) is 0 Å². The number of nitrogens with one attached hydrogen (secondary N) is 1. The Balaban J connectivity index is 2.08. The van der Waals surface area contributed by atoms with E-state index in [0.717, 1.165) is 12.5 Å². The number of hydrogen-bond donors (Lipinski definition) is 1. The largest absolute Gasteiger partial charge is 0.383 e. The summed E-state index contributed by atoms with van der Waals surface area (Å²) in [5.74, 6) is 0.805. The Morgan fingerprint density at radius 2 is 2.12 bits per heavy atom. The molecule has 0 bridgehead atoms. The standard InChI is InChI=1S/C14H21NO/c1-10-5-4-6-13(11(10)2)15-14(9-16-3)12-7-8-12/h4-6,12,14-15H,7-9H2,1-3H3. The summed E-state index contributed by atoms with van der Waals surface area (Å²) < 4.78 is 5.29. The van der Waals surface area contributed by atoms with Gasteiger partial charge in [-0.2, -0.15) is 0 Å². The van der Waals surface area contributed by atoms with Crippen molar-refractivity contribution < 1.29 is 4.74 Å². The van der Waals surface area contributed by atoms with Gasteiger partial charge in [-0.15, -0.1) is 0 Å². The van der Waals surface area contributed by atoms with Crippen LogP contribution in [0.2, 0.25) is 0 Å². The molecule has 1 unspecified atom stereocenters. The lowest BCUT2D eigenvalue weighted by Gasteiger charge is -2.20. The van der Waals surface area contributed by atoms with Gasteiger partial charge in [0.05, 0.1) is 12.6 Å². The van der Waals surface area contributed by atoms with Gasteiger partial charge >= 0.3 is 0 Å². The quantitative estimate of drug-likeness (QED) is 0.821. The monoisotopic (exact) mass is 219 g/mol. The van der Waals surface area contributed by atoms with E-state index in [0.29, 0.717) is 6.04 Å². The van der Waals surface area contributed by atoms with E-state index in [1.165, 1.54) is 29.7 Å². The van der Waals surface area contributed by atoms with Crippen LogP contribution in [-0.4, -0.2) is 19.8 Å². The number of ether oxygens (including phenoxy) is 1. The molecule has 0 radical (unpaired) electrons. The minimum Gasteiger partial charge on any atom is -0.383 e. The molecule has 1 aliphatic rings. The van der Waals surface area contributed by atoms with Gasteiger partial charge in [-0.1, -0.05) is 12.1 Å². The Kier molecular flexibility index (Phi) is 3.49. The van der Waals surface area contributed by atoms with Gasteiger partial charge in [0.1, 0.15) is 0 Å². The minimum absolute atomic E-state index is 0.477. The minimum atomic E-state index is 0.477. The topological polar surface area (TPSA) is 21.3 Å². The average molecular weight is 219 g/mol. The fourth-order valence-corrected chi connectivity index (χ4v) is 2.08. The molecule has 0 amide bonds. The predicted molar refractivity (Wildman–Crippen MR) is 67.9 cm³/mol. The molecule has 16 heavy (non-hydrogen) atoms. The summed E-state index contributed by atoms with van der Waals surface area (Å²) in [5, 5.41) is 3.63. The highest BCUT2D eigenvalue weighted by Crippen LogP contribution is 2.35. The molecule has 0 spiro atoms. The second kappa shape index (κ2) is 4.88. The summed E-state index contributed by atoms with van der Waals surface area (Å²) in [6, 6.07) is 6.91. The lowest BCUT2D eigenvalue weighted by molar-refractivity contribution is 0.179. The highest BCUT2D eigenvalue weighted by Gasteiger charge is 2.31. The Labute approximate surface area is 98.0 Å². The van der Waals surface area contributed by atoms with Crippen molar-refractivity contribution in [1.82, 2.24) is 0 Å². The summed E-state index contributed by atoms with van der Waals surface area (Å²) in [7, 11) is 1.78. The zero-order chi connectivity index (χ0) is 11.5. The molecular weight excluding hydrogens is 198 g/mol. The first-order valence-electron chi connectivity index (χ1n) is 6.04. The summed E-state index contributed by atoms with van der Waals surface area (Å²) in [4.78, 5) is 0. The van der Waals surface area contributed by atoms with E-state index < -0.39 is 0 Å². The van der Waals surface area contributed by atoms with Crippen molar-refractivity contribution in [3.63, 3.8) is 0 Å². The number of aryl methyl sites for hydroxylation is 1. The molecule has 0 aliphatic heterocycles. The molecule has 0 aromatic heterocycles. The van der Waals surface area contributed by atoms with Crippen LogP contribution >= 0.6 is 0 Å². The summed E-state index contributed by atoms with van der Waals surface area (Å²) in [5.41, 5.74) is 3.95. The second-order valence-electron chi connectivity index (χ2n) is 4.79. The SMILES string of the molecule is COCC(Nc1cccc(C)c1C)C1CC1. The maximum absolute atomic E-state index is 5.29. The van der Waals surface area contributed by atoms with E-state index in [-0.39, 0.29) is 0 Å². The van der Waals surface area contributed by atoms with Crippen LogP contribution in [0.15, 0.2) is 18.2 Å². The first-order valence-corrected chi connectivity index (χ1v) is 6.04. The van der Waals surface area contributed by atoms with Crippen LogP contribution in [0, 0.1) is 19.8 Å². The van der Waals surface area contributed by atoms with Gasteiger partial charge in [0, 0.05) is 12.8 Å². The molecule has 1 aromatic rings. The van der Waals surface area contributed by atoms with Crippen LogP contribution < -0.4 is 5.32 Å². The summed E-state index contributed by atoms with van der Waals surface area (Å²) in [6.45, 7) is 5.13. The van der Waals surface area contributed by atoms with Crippen LogP contribution in [0.25, 0.3) is 0 Å². The first-order chi connectivity index (χ1) is 7.72. The van der Waals surface area contributed by atoms with Crippen molar-refractivity contribution >= 4 is 5.69 Å². The molecular formula is C14H21NO. The number of rotatable bonds is 5. The Morgan fingerprint density at radius 3 is 2.75 bits per heavy atom. The molecule has 88 valence electrons. The van der Waals surface area contributed by atoms with Crippen molar-refractivity contribution in [3.8, 4) is 0 Å². The van der Waals surface area contributed by atoms with E-state index >= 15 is 0 Å². The van der Waals surface area contributed by atoms with Crippen LogP contribution in [0.3, 0.4) is 0 Å². The van der Waals surface area contributed by atoms with Gasteiger partial charge < -0.3 is 10.1 Å². The molecule has 1 aromatic carbocycles.